The molecule has 0 saturated carbocycles. The van der Waals surface area contributed by atoms with Crippen molar-refractivity contribution in [1.82, 2.24) is 4.57 Å². The zero-order valence-corrected chi connectivity index (χ0v) is 15.4. The number of hydrogen-bond donors (Lipinski definition) is 1. The molecule has 0 bridgehead atoms. The number of fused-ring (bicyclic) bond motifs is 2. The van der Waals surface area contributed by atoms with E-state index in [-0.39, 0.29) is 5.54 Å². The Kier molecular flexibility index (Phi) is 3.43. The molecule has 1 aliphatic rings. The number of rotatable bonds is 2. The summed E-state index contributed by atoms with van der Waals surface area (Å²) in [6.07, 6.45) is 2.10. The lowest BCUT2D eigenvalue weighted by Gasteiger charge is -2.25. The molecule has 2 aromatic carbocycles. The number of nitrogens with one attached hydrogen (secondary N) is 1. The second-order valence-corrected chi connectivity index (χ2v) is 7.92. The number of anilines is 2. The van der Waals surface area contributed by atoms with E-state index < -0.39 is 0 Å². The maximum absolute atomic E-state index is 4.41. The van der Waals surface area contributed by atoms with E-state index in [1.54, 1.807) is 0 Å². The smallest absolute Gasteiger partial charge is 0.0498 e. The number of aryl methyl sites for hydroxylation is 1. The van der Waals surface area contributed by atoms with Crippen molar-refractivity contribution < 1.29 is 0 Å². The number of benzene rings is 2. The first-order chi connectivity index (χ1) is 11.8. The maximum atomic E-state index is 4.41. The summed E-state index contributed by atoms with van der Waals surface area (Å²) in [7, 11) is 2.09. The third kappa shape index (κ3) is 2.70. The van der Waals surface area contributed by atoms with Crippen LogP contribution in [0.25, 0.3) is 16.6 Å². The lowest BCUT2D eigenvalue weighted by atomic mass is 10.0. The Labute approximate surface area is 149 Å². The number of hydrogen-bond acceptors (Lipinski definition) is 2. The molecule has 25 heavy (non-hydrogen) atoms. The predicted octanol–water partition coefficient (Wildman–Crippen LogP) is 5.38. The van der Waals surface area contributed by atoms with Crippen LogP contribution in [0.1, 0.15) is 31.9 Å². The highest BCUT2D eigenvalue weighted by Crippen LogP contribution is 2.41. The number of aromatic nitrogens is 1. The molecule has 4 rings (SSSR count). The molecule has 0 fully saturated rings. The van der Waals surface area contributed by atoms with Gasteiger partial charge in [-0.05, 0) is 56.0 Å². The van der Waals surface area contributed by atoms with Gasteiger partial charge in [0.1, 0.15) is 0 Å². The van der Waals surface area contributed by atoms with Gasteiger partial charge in [0.15, 0.2) is 0 Å². The van der Waals surface area contributed by atoms with E-state index >= 15 is 0 Å². The standard InChI is InChI=1S/C22H25N3/c1-15-21-17(7-6-8-19(21)23-22(2,3)4)14-25(15)18-10-9-16-11-12-24(5)20(16)13-18/h6-13,23H,1,14H2,2-5H3. The van der Waals surface area contributed by atoms with Crippen molar-refractivity contribution in [1.29, 1.82) is 0 Å². The van der Waals surface area contributed by atoms with Gasteiger partial charge in [-0.15, -0.1) is 0 Å². The second-order valence-electron chi connectivity index (χ2n) is 7.92. The molecule has 128 valence electrons. The van der Waals surface area contributed by atoms with Crippen molar-refractivity contribution >= 4 is 28.0 Å². The van der Waals surface area contributed by atoms with E-state index in [1.807, 2.05) is 0 Å². The van der Waals surface area contributed by atoms with Crippen molar-refractivity contribution in [2.75, 3.05) is 10.2 Å². The Morgan fingerprint density at radius 2 is 1.88 bits per heavy atom. The van der Waals surface area contributed by atoms with E-state index in [0.717, 1.165) is 17.9 Å². The fraction of sp³-hybridized carbons (Fsp3) is 0.273. The molecular weight excluding hydrogens is 306 g/mol. The molecular formula is C22H25N3. The molecule has 0 spiro atoms. The fourth-order valence-corrected chi connectivity index (χ4v) is 3.65. The summed E-state index contributed by atoms with van der Waals surface area (Å²) in [4.78, 5) is 2.31. The van der Waals surface area contributed by atoms with E-state index in [4.69, 9.17) is 0 Å². The van der Waals surface area contributed by atoms with Crippen LogP contribution < -0.4 is 10.2 Å². The van der Waals surface area contributed by atoms with E-state index in [1.165, 1.54) is 27.7 Å². The second kappa shape index (κ2) is 5.41. The van der Waals surface area contributed by atoms with Gasteiger partial charge in [-0.3, -0.25) is 0 Å². The highest BCUT2D eigenvalue weighted by atomic mass is 15.2. The van der Waals surface area contributed by atoms with Crippen molar-refractivity contribution in [3.05, 3.63) is 66.4 Å². The number of nitrogens with zero attached hydrogens (tertiary/aromatic N) is 2. The minimum absolute atomic E-state index is 0.0186. The van der Waals surface area contributed by atoms with Crippen LogP contribution in [0.5, 0.6) is 0 Å². The van der Waals surface area contributed by atoms with Gasteiger partial charge in [0.25, 0.3) is 0 Å². The zero-order chi connectivity index (χ0) is 17.8. The van der Waals surface area contributed by atoms with Crippen LogP contribution in [0, 0.1) is 0 Å². The lowest BCUT2D eigenvalue weighted by molar-refractivity contribution is 0.634. The monoisotopic (exact) mass is 331 g/mol. The highest BCUT2D eigenvalue weighted by Gasteiger charge is 2.27. The van der Waals surface area contributed by atoms with Gasteiger partial charge in [-0.1, -0.05) is 24.8 Å². The Hall–Kier alpha value is -2.68. The summed E-state index contributed by atoms with van der Waals surface area (Å²) < 4.78 is 2.16. The summed E-state index contributed by atoms with van der Waals surface area (Å²) in [6.45, 7) is 11.8. The molecule has 3 nitrogen and oxygen atoms in total. The third-order valence-electron chi connectivity index (χ3n) is 4.79. The molecule has 0 saturated heterocycles. The summed E-state index contributed by atoms with van der Waals surface area (Å²) >= 11 is 0. The SMILES string of the molecule is C=C1c2c(cccc2NC(C)(C)C)CN1c1ccc2ccn(C)c2c1. The van der Waals surface area contributed by atoms with Gasteiger partial charge in [0.05, 0.1) is 0 Å². The van der Waals surface area contributed by atoms with E-state index in [2.05, 4.69) is 97.8 Å². The summed E-state index contributed by atoms with van der Waals surface area (Å²) in [5, 5.41) is 4.89. The molecule has 0 aliphatic carbocycles. The molecule has 1 aromatic heterocycles. The van der Waals surface area contributed by atoms with Gasteiger partial charge in [0.2, 0.25) is 0 Å². The average Bonchev–Trinajstić information content (AvgIpc) is 3.07. The summed E-state index contributed by atoms with van der Waals surface area (Å²) in [5.74, 6) is 0. The van der Waals surface area contributed by atoms with Crippen LogP contribution in [-0.2, 0) is 13.6 Å². The summed E-state index contributed by atoms with van der Waals surface area (Å²) in [5.41, 5.74) is 7.25. The Morgan fingerprint density at radius 1 is 1.08 bits per heavy atom. The summed E-state index contributed by atoms with van der Waals surface area (Å²) in [6, 6.07) is 15.3. The minimum Gasteiger partial charge on any atom is -0.380 e. The van der Waals surface area contributed by atoms with Crippen molar-refractivity contribution in [3.63, 3.8) is 0 Å². The first kappa shape index (κ1) is 15.8. The minimum atomic E-state index is 0.0186. The van der Waals surface area contributed by atoms with Gasteiger partial charge >= 0.3 is 0 Å². The van der Waals surface area contributed by atoms with E-state index in [0.29, 0.717) is 0 Å². The Balaban J connectivity index is 1.74. The fourth-order valence-electron chi connectivity index (χ4n) is 3.65. The average molecular weight is 331 g/mol. The van der Waals surface area contributed by atoms with Gasteiger partial charge in [0, 0.05) is 53.5 Å². The first-order valence-electron chi connectivity index (χ1n) is 8.75. The highest BCUT2D eigenvalue weighted by molar-refractivity contribution is 5.92. The lowest BCUT2D eigenvalue weighted by Crippen LogP contribution is -2.26. The maximum Gasteiger partial charge on any atom is 0.0498 e. The zero-order valence-electron chi connectivity index (χ0n) is 15.4. The van der Waals surface area contributed by atoms with Crippen molar-refractivity contribution in [2.24, 2.45) is 7.05 Å². The van der Waals surface area contributed by atoms with Gasteiger partial charge in [-0.2, -0.15) is 0 Å². The van der Waals surface area contributed by atoms with E-state index in [9.17, 15) is 0 Å². The molecule has 3 aromatic rings. The normalized spacial score (nSPS) is 14.2. The third-order valence-corrected chi connectivity index (χ3v) is 4.79. The van der Waals surface area contributed by atoms with Crippen LogP contribution in [0.2, 0.25) is 0 Å². The van der Waals surface area contributed by atoms with Gasteiger partial charge < -0.3 is 14.8 Å². The molecule has 2 heterocycles. The van der Waals surface area contributed by atoms with Crippen LogP contribution in [-0.4, -0.2) is 10.1 Å². The van der Waals surface area contributed by atoms with Crippen LogP contribution in [0.3, 0.4) is 0 Å². The molecule has 1 N–H and O–H groups in total. The Morgan fingerprint density at radius 3 is 2.64 bits per heavy atom. The van der Waals surface area contributed by atoms with Crippen molar-refractivity contribution in [2.45, 2.75) is 32.9 Å². The molecule has 0 atom stereocenters. The first-order valence-corrected chi connectivity index (χ1v) is 8.75. The van der Waals surface area contributed by atoms with Gasteiger partial charge in [-0.25, -0.2) is 0 Å². The molecule has 1 aliphatic heterocycles. The van der Waals surface area contributed by atoms with Crippen molar-refractivity contribution in [3.8, 4) is 0 Å². The topological polar surface area (TPSA) is 20.2 Å². The predicted molar refractivity (Wildman–Crippen MR) is 108 cm³/mol. The molecule has 0 amide bonds. The molecule has 0 radical (unpaired) electrons. The molecule has 0 unspecified atom stereocenters. The Bertz CT molecular complexity index is 973. The van der Waals surface area contributed by atoms with Crippen LogP contribution in [0.15, 0.2) is 55.2 Å². The van der Waals surface area contributed by atoms with Crippen LogP contribution in [0.4, 0.5) is 11.4 Å². The van der Waals surface area contributed by atoms with Crippen LogP contribution >= 0.6 is 0 Å². The quantitative estimate of drug-likeness (QED) is 0.680. The largest absolute Gasteiger partial charge is 0.380 e. The molecule has 3 heteroatoms.